The second-order valence-corrected chi connectivity index (χ2v) is 5.10. The molecule has 1 N–H and O–H groups in total. The van der Waals surface area contributed by atoms with Gasteiger partial charge in [-0.05, 0) is 30.7 Å². The summed E-state index contributed by atoms with van der Waals surface area (Å²) in [6.07, 6.45) is 1.36. The van der Waals surface area contributed by atoms with Crippen molar-refractivity contribution in [2.24, 2.45) is 0 Å². The molecule has 22 heavy (non-hydrogen) atoms. The number of carbonyl (C=O) groups excluding carboxylic acids is 2. The van der Waals surface area contributed by atoms with Crippen LogP contribution in [0, 0.1) is 6.92 Å². The molecule has 0 aromatic heterocycles. The van der Waals surface area contributed by atoms with E-state index in [-0.39, 0.29) is 17.3 Å². The first-order chi connectivity index (χ1) is 10.6. The third-order valence-corrected chi connectivity index (χ3v) is 3.66. The van der Waals surface area contributed by atoms with Crippen LogP contribution in [0.2, 0.25) is 0 Å². The predicted molar refractivity (Wildman–Crippen MR) is 84.5 cm³/mol. The molecule has 1 aliphatic carbocycles. The number of ketones is 2. The first-order valence-electron chi connectivity index (χ1n) is 6.91. The monoisotopic (exact) mass is 293 g/mol. The maximum Gasteiger partial charge on any atom is 0.210 e. The number of ether oxygens (including phenoxy) is 1. The number of allylic oxidation sites excluding steroid dienone is 2. The molecule has 0 amide bonds. The smallest absolute Gasteiger partial charge is 0.210 e. The Morgan fingerprint density at radius 2 is 1.73 bits per heavy atom. The normalized spacial score (nSPS) is 13.5. The minimum absolute atomic E-state index is 0.163. The van der Waals surface area contributed by atoms with E-state index in [4.69, 9.17) is 4.74 Å². The Bertz CT molecular complexity index is 806. The van der Waals surface area contributed by atoms with Crippen molar-refractivity contribution in [3.63, 3.8) is 0 Å². The lowest BCUT2D eigenvalue weighted by Gasteiger charge is -2.17. The Balaban J connectivity index is 1.94. The van der Waals surface area contributed by atoms with Gasteiger partial charge in [-0.25, -0.2) is 0 Å². The highest BCUT2D eigenvalue weighted by atomic mass is 16.5. The topological polar surface area (TPSA) is 55.4 Å². The molecule has 4 nitrogen and oxygen atoms in total. The van der Waals surface area contributed by atoms with Crippen molar-refractivity contribution < 1.29 is 14.3 Å². The molecule has 0 saturated heterocycles. The number of hydrogen-bond donors (Lipinski definition) is 1. The molecule has 1 aliphatic rings. The number of carbonyl (C=O) groups is 2. The summed E-state index contributed by atoms with van der Waals surface area (Å²) in [6, 6.07) is 12.3. The first-order valence-corrected chi connectivity index (χ1v) is 6.91. The Morgan fingerprint density at radius 3 is 2.41 bits per heavy atom. The molecule has 0 heterocycles. The fourth-order valence-electron chi connectivity index (χ4n) is 2.46. The Morgan fingerprint density at radius 1 is 1.00 bits per heavy atom. The van der Waals surface area contributed by atoms with E-state index in [2.05, 4.69) is 5.32 Å². The van der Waals surface area contributed by atoms with Crippen LogP contribution < -0.4 is 10.1 Å². The fourth-order valence-corrected chi connectivity index (χ4v) is 2.46. The highest BCUT2D eigenvalue weighted by Crippen LogP contribution is 2.26. The first kappa shape index (κ1) is 14.1. The van der Waals surface area contributed by atoms with Crippen molar-refractivity contribution in [3.8, 4) is 5.75 Å². The summed E-state index contributed by atoms with van der Waals surface area (Å²) in [5, 5.41) is 3.06. The third kappa shape index (κ3) is 2.39. The highest BCUT2D eigenvalue weighted by molar-refractivity contribution is 6.25. The van der Waals surface area contributed by atoms with E-state index < -0.39 is 0 Å². The standard InChI is InChI=1S/C18H15NO3/c1-11-9-12(22-2)7-8-15(11)19-16-10-17(20)13-5-3-4-6-14(13)18(16)21/h3-10,19H,1-2H3. The minimum atomic E-state index is -0.176. The molecule has 2 aromatic rings. The lowest BCUT2D eigenvalue weighted by Crippen LogP contribution is -2.21. The predicted octanol–water partition coefficient (Wildman–Crippen LogP) is 3.38. The Labute approximate surface area is 128 Å². The van der Waals surface area contributed by atoms with Gasteiger partial charge in [-0.15, -0.1) is 0 Å². The maximum atomic E-state index is 12.5. The van der Waals surface area contributed by atoms with Crippen molar-refractivity contribution in [2.75, 3.05) is 12.4 Å². The van der Waals surface area contributed by atoms with Crippen LogP contribution in [0.1, 0.15) is 26.3 Å². The van der Waals surface area contributed by atoms with Crippen LogP contribution in [0.15, 0.2) is 54.2 Å². The van der Waals surface area contributed by atoms with Crippen LogP contribution in [0.4, 0.5) is 5.69 Å². The molecule has 0 radical (unpaired) electrons. The lowest BCUT2D eigenvalue weighted by atomic mass is 9.92. The second kappa shape index (κ2) is 5.48. The zero-order valence-electron chi connectivity index (χ0n) is 12.3. The van der Waals surface area contributed by atoms with E-state index in [1.807, 2.05) is 19.1 Å². The zero-order valence-corrected chi connectivity index (χ0v) is 12.3. The summed E-state index contributed by atoms with van der Waals surface area (Å²) in [6.45, 7) is 1.91. The summed E-state index contributed by atoms with van der Waals surface area (Å²) in [5.41, 5.74) is 2.87. The third-order valence-electron chi connectivity index (χ3n) is 3.66. The van der Waals surface area contributed by atoms with E-state index in [0.717, 1.165) is 17.0 Å². The zero-order chi connectivity index (χ0) is 15.7. The van der Waals surface area contributed by atoms with Crippen molar-refractivity contribution >= 4 is 17.3 Å². The largest absolute Gasteiger partial charge is 0.497 e. The SMILES string of the molecule is COc1ccc(NC2=CC(=O)c3ccccc3C2=O)c(C)c1. The molecule has 3 rings (SSSR count). The van der Waals surface area contributed by atoms with Gasteiger partial charge in [-0.1, -0.05) is 24.3 Å². The molecule has 0 bridgehead atoms. The van der Waals surface area contributed by atoms with Crippen LogP contribution in [-0.4, -0.2) is 18.7 Å². The van der Waals surface area contributed by atoms with Crippen LogP contribution in [0.5, 0.6) is 5.75 Å². The average molecular weight is 293 g/mol. The Kier molecular flexibility index (Phi) is 3.51. The average Bonchev–Trinajstić information content (AvgIpc) is 2.54. The van der Waals surface area contributed by atoms with Gasteiger partial charge >= 0.3 is 0 Å². The number of rotatable bonds is 3. The van der Waals surface area contributed by atoms with Gasteiger partial charge in [-0.3, -0.25) is 9.59 Å². The van der Waals surface area contributed by atoms with Crippen LogP contribution in [-0.2, 0) is 0 Å². The summed E-state index contributed by atoms with van der Waals surface area (Å²) < 4.78 is 5.16. The molecule has 110 valence electrons. The van der Waals surface area contributed by atoms with Gasteiger partial charge in [0.1, 0.15) is 5.75 Å². The van der Waals surface area contributed by atoms with E-state index in [1.54, 1.807) is 37.4 Å². The van der Waals surface area contributed by atoms with Crippen LogP contribution in [0.25, 0.3) is 0 Å². The maximum absolute atomic E-state index is 12.5. The molecule has 0 atom stereocenters. The van der Waals surface area contributed by atoms with Gasteiger partial charge in [0.15, 0.2) is 5.78 Å². The van der Waals surface area contributed by atoms with E-state index in [9.17, 15) is 9.59 Å². The number of anilines is 1. The molecule has 0 fully saturated rings. The van der Waals surface area contributed by atoms with E-state index >= 15 is 0 Å². The van der Waals surface area contributed by atoms with Gasteiger partial charge in [0.25, 0.3) is 0 Å². The molecular formula is C18H15NO3. The number of hydrogen-bond acceptors (Lipinski definition) is 4. The molecule has 2 aromatic carbocycles. The lowest BCUT2D eigenvalue weighted by molar-refractivity contribution is 0.0985. The molecule has 0 spiro atoms. The minimum Gasteiger partial charge on any atom is -0.497 e. The van der Waals surface area contributed by atoms with Gasteiger partial charge < -0.3 is 10.1 Å². The summed E-state index contributed by atoms with van der Waals surface area (Å²) >= 11 is 0. The number of Topliss-reactive ketones (excluding diaryl/α,β-unsaturated/α-hetero) is 1. The van der Waals surface area contributed by atoms with Gasteiger partial charge in [-0.2, -0.15) is 0 Å². The number of aryl methyl sites for hydroxylation is 1. The number of benzene rings is 2. The summed E-state index contributed by atoms with van der Waals surface area (Å²) in [5.74, 6) is 0.405. The second-order valence-electron chi connectivity index (χ2n) is 5.10. The molecule has 4 heteroatoms. The van der Waals surface area contributed by atoms with Crippen molar-refractivity contribution in [3.05, 3.63) is 70.9 Å². The van der Waals surface area contributed by atoms with Crippen LogP contribution in [0.3, 0.4) is 0 Å². The van der Waals surface area contributed by atoms with Crippen molar-refractivity contribution in [1.82, 2.24) is 0 Å². The van der Waals surface area contributed by atoms with Gasteiger partial charge in [0.05, 0.1) is 12.8 Å². The molecule has 0 unspecified atom stereocenters. The summed E-state index contributed by atoms with van der Waals surface area (Å²) in [4.78, 5) is 24.6. The van der Waals surface area contributed by atoms with Crippen molar-refractivity contribution in [2.45, 2.75) is 6.92 Å². The molecule has 0 aliphatic heterocycles. The van der Waals surface area contributed by atoms with Gasteiger partial charge in [0.2, 0.25) is 5.78 Å². The quantitative estimate of drug-likeness (QED) is 0.942. The molecule has 0 saturated carbocycles. The number of methoxy groups -OCH3 is 1. The Hall–Kier alpha value is -2.88. The van der Waals surface area contributed by atoms with Gasteiger partial charge in [0, 0.05) is 22.9 Å². The fraction of sp³-hybridized carbons (Fsp3) is 0.111. The number of nitrogens with one attached hydrogen (secondary N) is 1. The highest BCUT2D eigenvalue weighted by Gasteiger charge is 2.25. The molecular weight excluding hydrogens is 278 g/mol. The van der Waals surface area contributed by atoms with Crippen LogP contribution >= 0.6 is 0 Å². The summed E-state index contributed by atoms with van der Waals surface area (Å²) in [7, 11) is 1.60. The number of fused-ring (bicyclic) bond motifs is 1. The van der Waals surface area contributed by atoms with E-state index in [1.165, 1.54) is 6.08 Å². The van der Waals surface area contributed by atoms with E-state index in [0.29, 0.717) is 11.1 Å². The van der Waals surface area contributed by atoms with Crippen molar-refractivity contribution in [1.29, 1.82) is 0 Å².